The van der Waals surface area contributed by atoms with Crippen molar-refractivity contribution in [2.24, 2.45) is 0 Å². The Morgan fingerprint density at radius 2 is 2.21 bits per heavy atom. The van der Waals surface area contributed by atoms with Crippen LogP contribution in [0, 0.1) is 11.3 Å². The number of hydrogen-bond acceptors (Lipinski definition) is 5. The number of rotatable bonds is 4. The molecule has 19 heavy (non-hydrogen) atoms. The molecule has 96 valence electrons. The molecule has 1 aromatic carbocycles. The van der Waals surface area contributed by atoms with Crippen LogP contribution < -0.4 is 15.8 Å². The van der Waals surface area contributed by atoms with E-state index in [4.69, 9.17) is 15.7 Å². The van der Waals surface area contributed by atoms with Gasteiger partial charge in [-0.05, 0) is 29.8 Å². The molecule has 0 fully saturated rings. The summed E-state index contributed by atoms with van der Waals surface area (Å²) in [6.07, 6.45) is 1.60. The second kappa shape index (κ2) is 5.74. The van der Waals surface area contributed by atoms with Crippen molar-refractivity contribution in [1.29, 1.82) is 5.26 Å². The standard InChI is InChI=1S/C14H14N4O/c1-19-14-3-2-10(6-13(14)16)9-18-11-4-5-17-12(7-11)8-15/h2-7H,9,16H2,1H3,(H,17,18). The molecule has 2 rings (SSSR count). The zero-order valence-corrected chi connectivity index (χ0v) is 10.6. The molecule has 0 spiro atoms. The summed E-state index contributed by atoms with van der Waals surface area (Å²) in [5.74, 6) is 0.666. The highest BCUT2D eigenvalue weighted by molar-refractivity contribution is 5.55. The van der Waals surface area contributed by atoms with Gasteiger partial charge in [-0.25, -0.2) is 4.98 Å². The number of nitriles is 1. The summed E-state index contributed by atoms with van der Waals surface area (Å²) in [6, 6.07) is 11.1. The van der Waals surface area contributed by atoms with Gasteiger partial charge in [0.05, 0.1) is 12.8 Å². The van der Waals surface area contributed by atoms with E-state index in [1.165, 1.54) is 0 Å². The maximum atomic E-state index is 8.77. The lowest BCUT2D eigenvalue weighted by atomic mass is 10.2. The van der Waals surface area contributed by atoms with Gasteiger partial charge in [-0.3, -0.25) is 0 Å². The minimum atomic E-state index is 0.388. The molecule has 0 bridgehead atoms. The molecule has 0 amide bonds. The number of nitrogen functional groups attached to an aromatic ring is 1. The summed E-state index contributed by atoms with van der Waals surface area (Å²) in [7, 11) is 1.59. The average Bonchev–Trinajstić information content (AvgIpc) is 2.45. The highest BCUT2D eigenvalue weighted by Gasteiger charge is 2.01. The minimum Gasteiger partial charge on any atom is -0.495 e. The second-order valence-electron chi connectivity index (χ2n) is 3.97. The van der Waals surface area contributed by atoms with Gasteiger partial charge in [0.2, 0.25) is 0 Å². The van der Waals surface area contributed by atoms with Crippen molar-refractivity contribution in [1.82, 2.24) is 4.98 Å². The molecule has 0 atom stereocenters. The van der Waals surface area contributed by atoms with E-state index in [9.17, 15) is 0 Å². The topological polar surface area (TPSA) is 84.0 Å². The first-order valence-electron chi connectivity index (χ1n) is 5.75. The van der Waals surface area contributed by atoms with Gasteiger partial charge in [-0.1, -0.05) is 6.07 Å². The van der Waals surface area contributed by atoms with Gasteiger partial charge >= 0.3 is 0 Å². The summed E-state index contributed by atoms with van der Waals surface area (Å²) < 4.78 is 5.10. The molecule has 0 saturated carbocycles. The SMILES string of the molecule is COc1ccc(CNc2ccnc(C#N)c2)cc1N. The van der Waals surface area contributed by atoms with Crippen molar-refractivity contribution in [3.05, 3.63) is 47.8 Å². The van der Waals surface area contributed by atoms with Crippen molar-refractivity contribution in [2.75, 3.05) is 18.2 Å². The number of methoxy groups -OCH3 is 1. The Morgan fingerprint density at radius 3 is 2.89 bits per heavy atom. The van der Waals surface area contributed by atoms with Gasteiger partial charge in [-0.15, -0.1) is 0 Å². The first-order chi connectivity index (χ1) is 9.22. The number of nitrogens with zero attached hydrogens (tertiary/aromatic N) is 2. The van der Waals surface area contributed by atoms with Crippen LogP contribution in [0.1, 0.15) is 11.3 Å². The summed E-state index contributed by atoms with van der Waals surface area (Å²) >= 11 is 0. The lowest BCUT2D eigenvalue weighted by Gasteiger charge is -2.09. The Kier molecular flexibility index (Phi) is 3.84. The van der Waals surface area contributed by atoms with Crippen LogP contribution in [0.15, 0.2) is 36.5 Å². The van der Waals surface area contributed by atoms with Crippen LogP contribution >= 0.6 is 0 Å². The number of nitrogens with one attached hydrogen (secondary N) is 1. The number of benzene rings is 1. The van der Waals surface area contributed by atoms with Crippen molar-refractivity contribution in [2.45, 2.75) is 6.54 Å². The zero-order valence-electron chi connectivity index (χ0n) is 10.6. The fourth-order valence-electron chi connectivity index (χ4n) is 1.70. The normalized spacial score (nSPS) is 9.68. The van der Waals surface area contributed by atoms with Crippen LogP contribution in [0.5, 0.6) is 5.75 Å². The largest absolute Gasteiger partial charge is 0.495 e. The summed E-state index contributed by atoms with van der Waals surface area (Å²) in [4.78, 5) is 3.91. The molecule has 3 N–H and O–H groups in total. The Hall–Kier alpha value is -2.74. The van der Waals surface area contributed by atoms with E-state index in [1.807, 2.05) is 30.3 Å². The average molecular weight is 254 g/mol. The van der Waals surface area contributed by atoms with Crippen LogP contribution in [0.3, 0.4) is 0 Å². The highest BCUT2D eigenvalue weighted by Crippen LogP contribution is 2.22. The fourth-order valence-corrected chi connectivity index (χ4v) is 1.70. The zero-order chi connectivity index (χ0) is 13.7. The first-order valence-corrected chi connectivity index (χ1v) is 5.75. The molecular weight excluding hydrogens is 240 g/mol. The Morgan fingerprint density at radius 1 is 1.37 bits per heavy atom. The third-order valence-electron chi connectivity index (χ3n) is 2.67. The first kappa shape index (κ1) is 12.7. The van der Waals surface area contributed by atoms with E-state index >= 15 is 0 Å². The molecule has 2 aromatic rings. The molecule has 5 nitrogen and oxygen atoms in total. The third-order valence-corrected chi connectivity index (χ3v) is 2.67. The number of anilines is 2. The molecule has 0 aliphatic heterocycles. The molecular formula is C14H14N4O. The Bertz CT molecular complexity index is 619. The summed E-state index contributed by atoms with van der Waals surface area (Å²) in [5, 5.41) is 12.0. The van der Waals surface area contributed by atoms with Gasteiger partial charge in [0.15, 0.2) is 0 Å². The summed E-state index contributed by atoms with van der Waals surface area (Å²) in [5.41, 5.74) is 8.72. The molecule has 5 heteroatoms. The Labute approximate surface area is 111 Å². The van der Waals surface area contributed by atoms with Crippen LogP contribution in [0.2, 0.25) is 0 Å². The highest BCUT2D eigenvalue weighted by atomic mass is 16.5. The van der Waals surface area contributed by atoms with E-state index in [2.05, 4.69) is 10.3 Å². The second-order valence-corrected chi connectivity index (χ2v) is 3.97. The van der Waals surface area contributed by atoms with E-state index in [-0.39, 0.29) is 0 Å². The lowest BCUT2D eigenvalue weighted by Crippen LogP contribution is -2.01. The predicted molar refractivity (Wildman–Crippen MR) is 73.7 cm³/mol. The van der Waals surface area contributed by atoms with Gasteiger partial charge < -0.3 is 15.8 Å². The van der Waals surface area contributed by atoms with Crippen molar-refractivity contribution < 1.29 is 4.74 Å². The molecule has 0 saturated heterocycles. The van der Waals surface area contributed by atoms with Crippen molar-refractivity contribution >= 4 is 11.4 Å². The van der Waals surface area contributed by atoms with E-state index in [0.717, 1.165) is 11.3 Å². The van der Waals surface area contributed by atoms with Crippen molar-refractivity contribution in [3.8, 4) is 11.8 Å². The smallest absolute Gasteiger partial charge is 0.142 e. The number of nitrogens with two attached hydrogens (primary N) is 1. The molecule has 0 aliphatic rings. The van der Waals surface area contributed by atoms with Gasteiger partial charge in [0, 0.05) is 18.4 Å². The van der Waals surface area contributed by atoms with Crippen LogP contribution in [-0.4, -0.2) is 12.1 Å². The number of ether oxygens (including phenoxy) is 1. The van der Waals surface area contributed by atoms with Gasteiger partial charge in [-0.2, -0.15) is 5.26 Å². The van der Waals surface area contributed by atoms with Crippen molar-refractivity contribution in [3.63, 3.8) is 0 Å². The van der Waals surface area contributed by atoms with Crippen LogP contribution in [-0.2, 0) is 6.54 Å². The van der Waals surface area contributed by atoms with E-state index in [1.54, 1.807) is 19.4 Å². The molecule has 1 aromatic heterocycles. The number of aromatic nitrogens is 1. The van der Waals surface area contributed by atoms with Gasteiger partial charge in [0.25, 0.3) is 0 Å². The maximum Gasteiger partial charge on any atom is 0.142 e. The molecule has 0 aliphatic carbocycles. The maximum absolute atomic E-state index is 8.77. The van der Waals surface area contributed by atoms with Crippen LogP contribution in [0.4, 0.5) is 11.4 Å². The third kappa shape index (κ3) is 3.13. The minimum absolute atomic E-state index is 0.388. The molecule has 0 radical (unpaired) electrons. The van der Waals surface area contributed by atoms with Crippen LogP contribution in [0.25, 0.3) is 0 Å². The van der Waals surface area contributed by atoms with E-state index in [0.29, 0.717) is 23.7 Å². The Balaban J connectivity index is 2.06. The van der Waals surface area contributed by atoms with E-state index < -0.39 is 0 Å². The summed E-state index contributed by atoms with van der Waals surface area (Å²) in [6.45, 7) is 0.614. The number of pyridine rings is 1. The predicted octanol–water partition coefficient (Wildman–Crippen LogP) is 2.16. The number of hydrogen-bond donors (Lipinski definition) is 2. The molecule has 0 unspecified atom stereocenters. The fraction of sp³-hybridized carbons (Fsp3) is 0.143. The monoisotopic (exact) mass is 254 g/mol. The quantitative estimate of drug-likeness (QED) is 0.817. The molecule has 1 heterocycles. The van der Waals surface area contributed by atoms with Gasteiger partial charge in [0.1, 0.15) is 17.5 Å². The lowest BCUT2D eigenvalue weighted by molar-refractivity contribution is 0.417.